The summed E-state index contributed by atoms with van der Waals surface area (Å²) in [5.74, 6) is -0.0485. The lowest BCUT2D eigenvalue weighted by Crippen LogP contribution is -2.38. The van der Waals surface area contributed by atoms with Crippen molar-refractivity contribution in [1.82, 2.24) is 14.7 Å². The van der Waals surface area contributed by atoms with Gasteiger partial charge in [0.1, 0.15) is 17.0 Å². The molecule has 0 aliphatic rings. The number of nitrogens with zero attached hydrogens (tertiary/aromatic N) is 2. The predicted octanol–water partition coefficient (Wildman–Crippen LogP) is 2.22. The number of pyridine rings is 1. The van der Waals surface area contributed by atoms with Crippen molar-refractivity contribution < 1.29 is 14.3 Å². The fourth-order valence-corrected chi connectivity index (χ4v) is 2.44. The van der Waals surface area contributed by atoms with Crippen molar-refractivity contribution in [3.05, 3.63) is 59.4 Å². The number of carbonyl (C=O) groups excluding carboxylic acids is 1. The molecule has 2 N–H and O–H groups in total. The van der Waals surface area contributed by atoms with Crippen LogP contribution in [0.3, 0.4) is 0 Å². The number of aromatic nitrogens is 2. The number of fused-ring (bicyclic) bond motifs is 1. The number of rotatable bonds is 4. The lowest BCUT2D eigenvalue weighted by atomic mass is 10.0. The minimum absolute atomic E-state index is 0.0181. The molecule has 3 rings (SSSR count). The topological polar surface area (TPSA) is 79.8 Å². The number of hydrogen-bond donors (Lipinski definition) is 2. The summed E-state index contributed by atoms with van der Waals surface area (Å²) in [6, 6.07) is 8.66. The van der Waals surface area contributed by atoms with Crippen molar-refractivity contribution >= 4 is 23.2 Å². The Labute approximate surface area is 131 Å². The van der Waals surface area contributed by atoms with Crippen LogP contribution in [0, 0.1) is 0 Å². The average molecular weight is 320 g/mol. The van der Waals surface area contributed by atoms with Gasteiger partial charge in [-0.25, -0.2) is 4.98 Å². The second-order valence-corrected chi connectivity index (χ2v) is 5.47. The molecule has 3 aromatic rings. The average Bonchev–Trinajstić information content (AvgIpc) is 3.12. The summed E-state index contributed by atoms with van der Waals surface area (Å²) in [5, 5.41) is 13.1. The summed E-state index contributed by atoms with van der Waals surface area (Å²) in [4.78, 5) is 16.5. The van der Waals surface area contributed by atoms with Crippen LogP contribution >= 0.6 is 11.6 Å². The maximum absolute atomic E-state index is 12.4. The third-order valence-electron chi connectivity index (χ3n) is 3.35. The van der Waals surface area contributed by atoms with Gasteiger partial charge in [0, 0.05) is 6.20 Å². The van der Waals surface area contributed by atoms with Crippen LogP contribution < -0.4 is 5.32 Å². The first-order valence-electron chi connectivity index (χ1n) is 6.66. The summed E-state index contributed by atoms with van der Waals surface area (Å²) >= 11 is 6.04. The molecule has 0 bridgehead atoms. The molecule has 0 aromatic carbocycles. The monoisotopic (exact) mass is 319 g/mol. The summed E-state index contributed by atoms with van der Waals surface area (Å²) in [6.45, 7) is 1.54. The third-order valence-corrected chi connectivity index (χ3v) is 3.61. The first kappa shape index (κ1) is 14.6. The van der Waals surface area contributed by atoms with Crippen LogP contribution in [0.25, 0.3) is 5.65 Å². The zero-order valence-corrected chi connectivity index (χ0v) is 12.5. The van der Waals surface area contributed by atoms with E-state index in [1.165, 1.54) is 6.26 Å². The molecule has 0 saturated heterocycles. The minimum atomic E-state index is -1.31. The lowest BCUT2D eigenvalue weighted by Gasteiger charge is -2.21. The van der Waals surface area contributed by atoms with Crippen molar-refractivity contribution in [1.29, 1.82) is 0 Å². The van der Waals surface area contributed by atoms with Crippen LogP contribution in [0.1, 0.15) is 23.2 Å². The van der Waals surface area contributed by atoms with E-state index in [4.69, 9.17) is 16.0 Å². The van der Waals surface area contributed by atoms with E-state index < -0.39 is 11.5 Å². The molecule has 7 heteroatoms. The Morgan fingerprint density at radius 2 is 2.27 bits per heavy atom. The molecule has 1 atom stereocenters. The SMILES string of the molecule is CC(O)(CNC(=O)c1c(Cl)nc2ccccn12)c1ccco1. The van der Waals surface area contributed by atoms with Crippen LogP contribution in [0.2, 0.25) is 5.15 Å². The highest BCUT2D eigenvalue weighted by atomic mass is 35.5. The van der Waals surface area contributed by atoms with E-state index in [2.05, 4.69) is 10.3 Å². The third kappa shape index (κ3) is 2.58. The highest BCUT2D eigenvalue weighted by Gasteiger charge is 2.28. The molecular weight excluding hydrogens is 306 g/mol. The Bertz CT molecular complexity index is 809. The van der Waals surface area contributed by atoms with Gasteiger partial charge in [-0.1, -0.05) is 17.7 Å². The van der Waals surface area contributed by atoms with E-state index in [9.17, 15) is 9.90 Å². The standard InChI is InChI=1S/C15H14ClN3O3/c1-15(21,10-5-4-8-22-10)9-17-14(20)12-13(16)18-11-6-2-3-7-19(11)12/h2-8,21H,9H2,1H3,(H,17,20). The van der Waals surface area contributed by atoms with Crippen molar-refractivity contribution in [3.8, 4) is 0 Å². The fourth-order valence-electron chi connectivity index (χ4n) is 2.18. The van der Waals surface area contributed by atoms with E-state index in [0.29, 0.717) is 11.4 Å². The zero-order chi connectivity index (χ0) is 15.7. The van der Waals surface area contributed by atoms with Crippen molar-refractivity contribution in [2.24, 2.45) is 0 Å². The van der Waals surface area contributed by atoms with Crippen LogP contribution in [0.5, 0.6) is 0 Å². The summed E-state index contributed by atoms with van der Waals surface area (Å²) in [5.41, 5.74) is -0.505. The molecule has 3 aromatic heterocycles. The largest absolute Gasteiger partial charge is 0.466 e. The van der Waals surface area contributed by atoms with E-state index in [0.717, 1.165) is 0 Å². The molecule has 3 heterocycles. The van der Waals surface area contributed by atoms with Crippen molar-refractivity contribution in [3.63, 3.8) is 0 Å². The number of hydrogen-bond acceptors (Lipinski definition) is 4. The first-order chi connectivity index (χ1) is 10.5. The molecule has 0 aliphatic carbocycles. The molecule has 114 valence electrons. The number of furan rings is 1. The number of carbonyl (C=O) groups is 1. The van der Waals surface area contributed by atoms with Gasteiger partial charge in [-0.3, -0.25) is 9.20 Å². The van der Waals surface area contributed by atoms with Gasteiger partial charge >= 0.3 is 0 Å². The molecule has 22 heavy (non-hydrogen) atoms. The van der Waals surface area contributed by atoms with Gasteiger partial charge in [0.05, 0.1) is 12.8 Å². The number of halogens is 1. The van der Waals surface area contributed by atoms with E-state index >= 15 is 0 Å². The Morgan fingerprint density at radius 3 is 3.00 bits per heavy atom. The van der Waals surface area contributed by atoms with Gasteiger partial charge in [-0.2, -0.15) is 0 Å². The van der Waals surface area contributed by atoms with E-state index in [1.807, 2.05) is 6.07 Å². The van der Waals surface area contributed by atoms with Crippen molar-refractivity contribution in [2.75, 3.05) is 6.54 Å². The van der Waals surface area contributed by atoms with Crippen LogP contribution in [-0.2, 0) is 5.60 Å². The number of aliphatic hydroxyl groups is 1. The normalized spacial score (nSPS) is 14.0. The molecule has 0 aliphatic heterocycles. The molecule has 0 saturated carbocycles. The van der Waals surface area contributed by atoms with Crippen LogP contribution in [-0.4, -0.2) is 26.9 Å². The first-order valence-corrected chi connectivity index (χ1v) is 7.04. The molecule has 0 fully saturated rings. The highest BCUT2D eigenvalue weighted by Crippen LogP contribution is 2.21. The van der Waals surface area contributed by atoms with Crippen LogP contribution in [0.15, 0.2) is 47.2 Å². The quantitative estimate of drug-likeness (QED) is 0.772. The van der Waals surface area contributed by atoms with Gasteiger partial charge < -0.3 is 14.8 Å². The minimum Gasteiger partial charge on any atom is -0.466 e. The number of nitrogens with one attached hydrogen (secondary N) is 1. The zero-order valence-electron chi connectivity index (χ0n) is 11.8. The van der Waals surface area contributed by atoms with Gasteiger partial charge in [-0.15, -0.1) is 0 Å². The molecule has 6 nitrogen and oxygen atoms in total. The van der Waals surface area contributed by atoms with Crippen LogP contribution in [0.4, 0.5) is 0 Å². The van der Waals surface area contributed by atoms with Gasteiger partial charge in [0.15, 0.2) is 10.8 Å². The molecule has 0 radical (unpaired) electrons. The number of imidazole rings is 1. The lowest BCUT2D eigenvalue weighted by molar-refractivity contribution is 0.0329. The number of amides is 1. The maximum atomic E-state index is 12.4. The van der Waals surface area contributed by atoms with Gasteiger partial charge in [0.2, 0.25) is 0 Å². The Hall–Kier alpha value is -2.31. The fraction of sp³-hybridized carbons (Fsp3) is 0.200. The van der Waals surface area contributed by atoms with E-state index in [1.54, 1.807) is 41.8 Å². The Morgan fingerprint density at radius 1 is 1.45 bits per heavy atom. The Kier molecular flexibility index (Phi) is 3.64. The smallest absolute Gasteiger partial charge is 0.271 e. The second kappa shape index (κ2) is 5.47. The molecule has 0 spiro atoms. The van der Waals surface area contributed by atoms with Gasteiger partial charge in [0.25, 0.3) is 5.91 Å². The van der Waals surface area contributed by atoms with Gasteiger partial charge in [-0.05, 0) is 31.2 Å². The Balaban J connectivity index is 1.81. The van der Waals surface area contributed by atoms with E-state index in [-0.39, 0.29) is 17.4 Å². The predicted molar refractivity (Wildman–Crippen MR) is 80.8 cm³/mol. The molecule has 1 unspecified atom stereocenters. The summed E-state index contributed by atoms with van der Waals surface area (Å²) in [7, 11) is 0. The highest BCUT2D eigenvalue weighted by molar-refractivity contribution is 6.32. The van der Waals surface area contributed by atoms with Crippen molar-refractivity contribution in [2.45, 2.75) is 12.5 Å². The summed E-state index contributed by atoms with van der Waals surface area (Å²) < 4.78 is 6.77. The second-order valence-electron chi connectivity index (χ2n) is 5.11. The molecular formula is C15H14ClN3O3. The maximum Gasteiger partial charge on any atom is 0.271 e. The summed E-state index contributed by atoms with van der Waals surface area (Å²) in [6.07, 6.45) is 3.17. The molecule has 1 amide bonds.